The van der Waals surface area contributed by atoms with Crippen LogP contribution in [0.4, 0.5) is 4.79 Å². The summed E-state index contributed by atoms with van der Waals surface area (Å²) < 4.78 is 15.8. The third-order valence-electron chi connectivity index (χ3n) is 4.68. The van der Waals surface area contributed by atoms with Crippen LogP contribution in [0.25, 0.3) is 0 Å². The summed E-state index contributed by atoms with van der Waals surface area (Å²) in [5, 5.41) is 5.31. The van der Waals surface area contributed by atoms with Gasteiger partial charge in [-0.25, -0.2) is 4.79 Å². The molecule has 28 heavy (non-hydrogen) atoms. The Bertz CT molecular complexity index is 926. The molecule has 2 N–H and O–H groups in total. The molecule has 0 saturated carbocycles. The molecule has 3 heterocycles. The first-order chi connectivity index (χ1) is 13.4. The number of imide groups is 1. The number of urea groups is 1. The minimum absolute atomic E-state index is 0.159. The molecular formula is C19H19N3O6. The number of carbonyl (C=O) groups is 3. The molecule has 1 saturated heterocycles. The highest BCUT2D eigenvalue weighted by molar-refractivity contribution is 6.08. The number of carbonyl (C=O) groups excluding carboxylic acids is 3. The van der Waals surface area contributed by atoms with Crippen molar-refractivity contribution in [2.45, 2.75) is 25.4 Å². The van der Waals surface area contributed by atoms with Gasteiger partial charge in [0.05, 0.1) is 12.8 Å². The summed E-state index contributed by atoms with van der Waals surface area (Å²) in [7, 11) is 0. The van der Waals surface area contributed by atoms with Crippen LogP contribution < -0.4 is 20.1 Å². The van der Waals surface area contributed by atoms with Crippen molar-refractivity contribution in [3.63, 3.8) is 0 Å². The van der Waals surface area contributed by atoms with Crippen molar-refractivity contribution in [1.82, 2.24) is 15.5 Å². The Morgan fingerprint density at radius 1 is 1.25 bits per heavy atom. The van der Waals surface area contributed by atoms with Gasteiger partial charge in [-0.15, -0.1) is 0 Å². The summed E-state index contributed by atoms with van der Waals surface area (Å²) in [5.74, 6) is 0.923. The quantitative estimate of drug-likeness (QED) is 0.723. The van der Waals surface area contributed by atoms with Gasteiger partial charge in [0, 0.05) is 6.42 Å². The van der Waals surface area contributed by atoms with E-state index in [9.17, 15) is 14.4 Å². The highest BCUT2D eigenvalue weighted by Gasteiger charge is 2.48. The highest BCUT2D eigenvalue weighted by atomic mass is 16.7. The van der Waals surface area contributed by atoms with Crippen molar-refractivity contribution < 1.29 is 28.3 Å². The van der Waals surface area contributed by atoms with Gasteiger partial charge in [0.1, 0.15) is 17.8 Å². The smallest absolute Gasteiger partial charge is 0.325 e. The lowest BCUT2D eigenvalue weighted by atomic mass is 9.92. The lowest BCUT2D eigenvalue weighted by molar-refractivity contribution is -0.134. The van der Waals surface area contributed by atoms with Crippen LogP contribution in [0.15, 0.2) is 41.0 Å². The van der Waals surface area contributed by atoms with Crippen molar-refractivity contribution in [3.8, 4) is 11.5 Å². The molecule has 1 atom stereocenters. The van der Waals surface area contributed by atoms with E-state index in [0.29, 0.717) is 17.3 Å². The van der Waals surface area contributed by atoms with Crippen molar-refractivity contribution in [3.05, 3.63) is 47.9 Å². The topological polar surface area (TPSA) is 110 Å². The summed E-state index contributed by atoms with van der Waals surface area (Å²) in [6.45, 7) is 1.62. The predicted octanol–water partition coefficient (Wildman–Crippen LogP) is 1.18. The fourth-order valence-corrected chi connectivity index (χ4v) is 3.27. The van der Waals surface area contributed by atoms with Gasteiger partial charge in [0.25, 0.3) is 5.91 Å². The van der Waals surface area contributed by atoms with Crippen molar-refractivity contribution in [1.29, 1.82) is 0 Å². The van der Waals surface area contributed by atoms with Crippen LogP contribution >= 0.6 is 0 Å². The van der Waals surface area contributed by atoms with Gasteiger partial charge < -0.3 is 24.5 Å². The molecular weight excluding hydrogens is 366 g/mol. The third-order valence-corrected chi connectivity index (χ3v) is 4.68. The van der Waals surface area contributed by atoms with Crippen molar-refractivity contribution in [2.75, 3.05) is 13.3 Å². The number of fused-ring (bicyclic) bond motifs is 1. The second-order valence-corrected chi connectivity index (χ2v) is 6.87. The molecule has 9 heteroatoms. The molecule has 2 aliphatic rings. The molecule has 0 aliphatic carbocycles. The predicted molar refractivity (Wildman–Crippen MR) is 95.5 cm³/mol. The lowest BCUT2D eigenvalue weighted by Crippen LogP contribution is -2.46. The summed E-state index contributed by atoms with van der Waals surface area (Å²) in [6.07, 6.45) is 1.76. The number of hydrogen-bond donors (Lipinski definition) is 2. The molecule has 2 aliphatic heterocycles. The SMILES string of the molecule is C[C@@]1(Cc2ccc3c(c2)OCO3)NC(=O)N(CC(=O)NCc2ccco2)C1=O. The molecule has 0 radical (unpaired) electrons. The maximum atomic E-state index is 12.8. The van der Waals surface area contributed by atoms with E-state index in [2.05, 4.69) is 10.6 Å². The molecule has 1 aromatic carbocycles. The van der Waals surface area contributed by atoms with Crippen molar-refractivity contribution in [2.24, 2.45) is 0 Å². The van der Waals surface area contributed by atoms with Crippen molar-refractivity contribution >= 4 is 17.8 Å². The van der Waals surface area contributed by atoms with Crippen LogP contribution in [0.1, 0.15) is 18.2 Å². The maximum absolute atomic E-state index is 12.8. The number of nitrogens with one attached hydrogen (secondary N) is 2. The Morgan fingerprint density at radius 3 is 2.86 bits per heavy atom. The van der Waals surface area contributed by atoms with E-state index in [1.54, 1.807) is 31.2 Å². The normalized spacial score (nSPS) is 20.4. The van der Waals surface area contributed by atoms with Gasteiger partial charge in [-0.3, -0.25) is 14.5 Å². The number of nitrogens with zero attached hydrogens (tertiary/aromatic N) is 1. The summed E-state index contributed by atoms with van der Waals surface area (Å²) in [5.41, 5.74) is -0.337. The van der Waals surface area contributed by atoms with Gasteiger partial charge in [0.2, 0.25) is 12.7 Å². The molecule has 1 fully saturated rings. The number of amides is 4. The number of hydrogen-bond acceptors (Lipinski definition) is 6. The van der Waals surface area contributed by atoms with Crippen LogP contribution in [0.3, 0.4) is 0 Å². The third kappa shape index (κ3) is 3.38. The highest BCUT2D eigenvalue weighted by Crippen LogP contribution is 2.34. The molecule has 2 aromatic rings. The Balaban J connectivity index is 1.40. The minimum Gasteiger partial charge on any atom is -0.467 e. The largest absolute Gasteiger partial charge is 0.467 e. The van der Waals surface area contributed by atoms with E-state index in [4.69, 9.17) is 13.9 Å². The summed E-state index contributed by atoms with van der Waals surface area (Å²) >= 11 is 0. The van der Waals surface area contributed by atoms with E-state index < -0.39 is 23.4 Å². The molecule has 146 valence electrons. The second kappa shape index (κ2) is 6.91. The molecule has 0 unspecified atom stereocenters. The van der Waals surface area contributed by atoms with Gasteiger partial charge in [-0.05, 0) is 36.8 Å². The van der Waals surface area contributed by atoms with E-state index in [-0.39, 0.29) is 26.3 Å². The Labute approximate surface area is 160 Å². The molecule has 4 rings (SSSR count). The van der Waals surface area contributed by atoms with Crippen LogP contribution in [0, 0.1) is 0 Å². The number of benzene rings is 1. The van der Waals surface area contributed by atoms with Crippen LogP contribution in [-0.4, -0.2) is 41.6 Å². The molecule has 4 amide bonds. The number of rotatable bonds is 6. The van der Waals surface area contributed by atoms with E-state index in [1.165, 1.54) is 6.26 Å². The number of furan rings is 1. The van der Waals surface area contributed by atoms with E-state index in [0.717, 1.165) is 10.5 Å². The molecule has 0 spiro atoms. The Morgan fingerprint density at radius 2 is 2.07 bits per heavy atom. The molecule has 9 nitrogen and oxygen atoms in total. The van der Waals surface area contributed by atoms with Crippen LogP contribution in [-0.2, 0) is 22.6 Å². The average molecular weight is 385 g/mol. The zero-order valence-electron chi connectivity index (χ0n) is 15.2. The molecule has 0 bridgehead atoms. The first kappa shape index (κ1) is 17.9. The maximum Gasteiger partial charge on any atom is 0.325 e. The van der Waals surface area contributed by atoms with E-state index in [1.807, 2.05) is 6.07 Å². The summed E-state index contributed by atoms with van der Waals surface area (Å²) in [4.78, 5) is 38.2. The Hall–Kier alpha value is -3.49. The van der Waals surface area contributed by atoms with Crippen LogP contribution in [0.5, 0.6) is 11.5 Å². The van der Waals surface area contributed by atoms with Gasteiger partial charge in [-0.1, -0.05) is 6.07 Å². The Kier molecular flexibility index (Phi) is 4.42. The number of ether oxygens (including phenoxy) is 2. The van der Waals surface area contributed by atoms with Gasteiger partial charge >= 0.3 is 6.03 Å². The second-order valence-electron chi connectivity index (χ2n) is 6.87. The zero-order valence-corrected chi connectivity index (χ0v) is 15.2. The van der Waals surface area contributed by atoms with Crippen LogP contribution in [0.2, 0.25) is 0 Å². The fourth-order valence-electron chi connectivity index (χ4n) is 3.27. The monoisotopic (exact) mass is 385 g/mol. The minimum atomic E-state index is -1.15. The molecule has 1 aromatic heterocycles. The lowest BCUT2D eigenvalue weighted by Gasteiger charge is -2.21. The van der Waals surface area contributed by atoms with E-state index >= 15 is 0 Å². The summed E-state index contributed by atoms with van der Waals surface area (Å²) in [6, 6.07) is 8.20. The zero-order chi connectivity index (χ0) is 19.7. The van der Waals surface area contributed by atoms with Gasteiger partial charge in [-0.2, -0.15) is 0 Å². The fraction of sp³-hybridized carbons (Fsp3) is 0.316. The first-order valence-corrected chi connectivity index (χ1v) is 8.76. The standard InChI is InChI=1S/C19H19N3O6/c1-19(8-12-4-5-14-15(7-12)28-11-27-14)17(24)22(18(25)21-19)10-16(23)20-9-13-3-2-6-26-13/h2-7H,8-11H2,1H3,(H,20,23)(H,21,25)/t19-/m0/s1. The first-order valence-electron chi connectivity index (χ1n) is 8.76. The average Bonchev–Trinajstić information content (AvgIpc) is 3.38. The van der Waals surface area contributed by atoms with Gasteiger partial charge in [0.15, 0.2) is 11.5 Å².